The number of likely N-dealkylation sites (tertiary alicyclic amines) is 1. The first-order valence-electron chi connectivity index (χ1n) is 10.5. The Morgan fingerprint density at radius 3 is 2.45 bits per heavy atom. The van der Waals surface area contributed by atoms with Gasteiger partial charge in [-0.25, -0.2) is 0 Å². The minimum absolute atomic E-state index is 0.0103. The standard InChI is InChI=1S/C24H31N3O2/c1-3-26(22-11-7-8-19(2)18-22)17-14-25-23(28)20-12-15-27(16-13-20)24(29)21-9-5-4-6-10-21/h4-11,18,20H,3,12-17H2,1-2H3,(H,25,28). The second-order valence-electron chi connectivity index (χ2n) is 7.64. The summed E-state index contributed by atoms with van der Waals surface area (Å²) in [5.74, 6) is 0.155. The normalized spacial score (nSPS) is 14.5. The van der Waals surface area contributed by atoms with E-state index in [0.717, 1.165) is 25.9 Å². The Morgan fingerprint density at radius 1 is 1.07 bits per heavy atom. The van der Waals surface area contributed by atoms with Crippen LogP contribution in [0.15, 0.2) is 54.6 Å². The molecule has 1 N–H and O–H groups in total. The van der Waals surface area contributed by atoms with E-state index in [4.69, 9.17) is 0 Å². The van der Waals surface area contributed by atoms with E-state index in [2.05, 4.69) is 48.3 Å². The van der Waals surface area contributed by atoms with E-state index in [-0.39, 0.29) is 17.7 Å². The van der Waals surface area contributed by atoms with E-state index in [0.29, 0.717) is 25.2 Å². The lowest BCUT2D eigenvalue weighted by Crippen LogP contribution is -2.44. The van der Waals surface area contributed by atoms with Crippen LogP contribution in [-0.4, -0.2) is 49.4 Å². The van der Waals surface area contributed by atoms with Gasteiger partial charge in [0, 0.05) is 49.9 Å². The predicted octanol–water partition coefficient (Wildman–Crippen LogP) is 3.49. The van der Waals surface area contributed by atoms with Gasteiger partial charge in [0.05, 0.1) is 0 Å². The molecule has 2 amide bonds. The summed E-state index contributed by atoms with van der Waals surface area (Å²) < 4.78 is 0. The topological polar surface area (TPSA) is 52.7 Å². The van der Waals surface area contributed by atoms with Crippen LogP contribution in [0.5, 0.6) is 0 Å². The molecule has 5 nitrogen and oxygen atoms in total. The smallest absolute Gasteiger partial charge is 0.253 e. The van der Waals surface area contributed by atoms with E-state index in [1.54, 1.807) is 0 Å². The lowest BCUT2D eigenvalue weighted by atomic mass is 9.95. The molecule has 3 rings (SSSR count). The van der Waals surface area contributed by atoms with Crippen LogP contribution in [0.25, 0.3) is 0 Å². The maximum Gasteiger partial charge on any atom is 0.253 e. The van der Waals surface area contributed by atoms with Gasteiger partial charge in [-0.3, -0.25) is 9.59 Å². The van der Waals surface area contributed by atoms with Crippen molar-refractivity contribution in [1.29, 1.82) is 0 Å². The third kappa shape index (κ3) is 5.59. The number of amides is 2. The summed E-state index contributed by atoms with van der Waals surface area (Å²) in [6, 6.07) is 17.8. The molecule has 0 aromatic heterocycles. The number of rotatable bonds is 7. The van der Waals surface area contributed by atoms with Crippen molar-refractivity contribution in [1.82, 2.24) is 10.2 Å². The lowest BCUT2D eigenvalue weighted by molar-refractivity contribution is -0.126. The average Bonchev–Trinajstić information content (AvgIpc) is 2.77. The molecular weight excluding hydrogens is 362 g/mol. The molecule has 1 fully saturated rings. The zero-order valence-corrected chi connectivity index (χ0v) is 17.4. The van der Waals surface area contributed by atoms with Gasteiger partial charge in [0.15, 0.2) is 0 Å². The van der Waals surface area contributed by atoms with Crippen molar-refractivity contribution in [2.24, 2.45) is 5.92 Å². The SMILES string of the molecule is CCN(CCNC(=O)C1CCN(C(=O)c2ccccc2)CC1)c1cccc(C)c1. The molecule has 0 bridgehead atoms. The number of benzene rings is 2. The van der Waals surface area contributed by atoms with E-state index in [9.17, 15) is 9.59 Å². The van der Waals surface area contributed by atoms with Crippen molar-refractivity contribution < 1.29 is 9.59 Å². The van der Waals surface area contributed by atoms with Crippen LogP contribution < -0.4 is 10.2 Å². The fraction of sp³-hybridized carbons (Fsp3) is 0.417. The van der Waals surface area contributed by atoms with Crippen LogP contribution in [0, 0.1) is 12.8 Å². The predicted molar refractivity (Wildman–Crippen MR) is 117 cm³/mol. The van der Waals surface area contributed by atoms with Gasteiger partial charge < -0.3 is 15.1 Å². The molecule has 2 aromatic rings. The Labute approximate surface area is 173 Å². The number of nitrogens with zero attached hydrogens (tertiary/aromatic N) is 2. The highest BCUT2D eigenvalue weighted by Gasteiger charge is 2.27. The summed E-state index contributed by atoms with van der Waals surface area (Å²) in [7, 11) is 0. The Bertz CT molecular complexity index is 814. The fourth-order valence-electron chi connectivity index (χ4n) is 3.86. The molecule has 1 heterocycles. The molecule has 0 atom stereocenters. The molecular formula is C24H31N3O2. The monoisotopic (exact) mass is 393 g/mol. The van der Waals surface area contributed by atoms with E-state index in [1.807, 2.05) is 35.2 Å². The molecule has 154 valence electrons. The third-order valence-electron chi connectivity index (χ3n) is 5.60. The number of carbonyl (C=O) groups is 2. The average molecular weight is 394 g/mol. The highest BCUT2D eigenvalue weighted by Crippen LogP contribution is 2.19. The molecule has 1 saturated heterocycles. The summed E-state index contributed by atoms with van der Waals surface area (Å²) in [6.45, 7) is 7.81. The molecule has 0 aliphatic carbocycles. The Hall–Kier alpha value is -2.82. The molecule has 0 radical (unpaired) electrons. The molecule has 1 aliphatic rings. The summed E-state index contributed by atoms with van der Waals surface area (Å²) >= 11 is 0. The first-order chi connectivity index (χ1) is 14.1. The largest absolute Gasteiger partial charge is 0.370 e. The lowest BCUT2D eigenvalue weighted by Gasteiger charge is -2.31. The van der Waals surface area contributed by atoms with Crippen LogP contribution in [0.3, 0.4) is 0 Å². The Balaban J connectivity index is 1.43. The number of nitrogens with one attached hydrogen (secondary N) is 1. The maximum absolute atomic E-state index is 12.6. The van der Waals surface area contributed by atoms with E-state index < -0.39 is 0 Å². The Morgan fingerprint density at radius 2 is 1.79 bits per heavy atom. The summed E-state index contributed by atoms with van der Waals surface area (Å²) in [6.07, 6.45) is 1.44. The number of hydrogen-bond donors (Lipinski definition) is 1. The minimum atomic E-state index is -0.0103. The maximum atomic E-state index is 12.6. The van der Waals surface area contributed by atoms with Gasteiger partial charge >= 0.3 is 0 Å². The van der Waals surface area contributed by atoms with Gasteiger partial charge in [0.1, 0.15) is 0 Å². The van der Waals surface area contributed by atoms with Gasteiger partial charge in [-0.05, 0) is 56.5 Å². The highest BCUT2D eigenvalue weighted by molar-refractivity contribution is 5.94. The highest BCUT2D eigenvalue weighted by atomic mass is 16.2. The van der Waals surface area contributed by atoms with Crippen LogP contribution in [0.4, 0.5) is 5.69 Å². The first kappa shape index (κ1) is 20.9. The summed E-state index contributed by atoms with van der Waals surface area (Å²) in [4.78, 5) is 29.2. The van der Waals surface area contributed by atoms with E-state index >= 15 is 0 Å². The minimum Gasteiger partial charge on any atom is -0.370 e. The molecule has 5 heteroatoms. The van der Waals surface area contributed by atoms with E-state index in [1.165, 1.54) is 11.3 Å². The third-order valence-corrected chi connectivity index (χ3v) is 5.60. The van der Waals surface area contributed by atoms with Gasteiger partial charge in [0.2, 0.25) is 5.91 Å². The molecule has 0 spiro atoms. The summed E-state index contributed by atoms with van der Waals surface area (Å²) in [5.41, 5.74) is 3.14. The van der Waals surface area contributed by atoms with Gasteiger partial charge in [-0.2, -0.15) is 0 Å². The summed E-state index contributed by atoms with van der Waals surface area (Å²) in [5, 5.41) is 3.09. The fourth-order valence-corrected chi connectivity index (χ4v) is 3.86. The van der Waals surface area contributed by atoms with Crippen molar-refractivity contribution >= 4 is 17.5 Å². The number of carbonyl (C=O) groups excluding carboxylic acids is 2. The number of piperidine rings is 1. The number of aryl methyl sites for hydroxylation is 1. The van der Waals surface area contributed by atoms with Crippen molar-refractivity contribution in [3.8, 4) is 0 Å². The van der Waals surface area contributed by atoms with Crippen LogP contribution in [0.2, 0.25) is 0 Å². The van der Waals surface area contributed by atoms with Gasteiger partial charge in [-0.15, -0.1) is 0 Å². The van der Waals surface area contributed by atoms with Crippen LogP contribution in [0.1, 0.15) is 35.7 Å². The second kappa shape index (κ2) is 10.1. The van der Waals surface area contributed by atoms with Crippen LogP contribution in [-0.2, 0) is 4.79 Å². The quantitative estimate of drug-likeness (QED) is 0.783. The zero-order valence-electron chi connectivity index (χ0n) is 17.4. The molecule has 0 unspecified atom stereocenters. The second-order valence-corrected chi connectivity index (χ2v) is 7.64. The number of anilines is 1. The number of hydrogen-bond acceptors (Lipinski definition) is 3. The Kier molecular flexibility index (Phi) is 7.28. The molecule has 0 saturated carbocycles. The van der Waals surface area contributed by atoms with Gasteiger partial charge in [-0.1, -0.05) is 30.3 Å². The molecule has 1 aliphatic heterocycles. The van der Waals surface area contributed by atoms with Gasteiger partial charge in [0.25, 0.3) is 5.91 Å². The van der Waals surface area contributed by atoms with Crippen molar-refractivity contribution in [2.75, 3.05) is 37.6 Å². The first-order valence-corrected chi connectivity index (χ1v) is 10.5. The zero-order chi connectivity index (χ0) is 20.6. The molecule has 2 aromatic carbocycles. The van der Waals surface area contributed by atoms with Crippen molar-refractivity contribution in [3.63, 3.8) is 0 Å². The number of likely N-dealkylation sites (N-methyl/N-ethyl adjacent to an activating group) is 1. The van der Waals surface area contributed by atoms with Crippen LogP contribution >= 0.6 is 0 Å². The van der Waals surface area contributed by atoms with Crippen molar-refractivity contribution in [3.05, 3.63) is 65.7 Å². The van der Waals surface area contributed by atoms with Crippen molar-refractivity contribution in [2.45, 2.75) is 26.7 Å². The molecule has 29 heavy (non-hydrogen) atoms.